The average molecular weight is 386 g/mol. The lowest BCUT2D eigenvalue weighted by Crippen LogP contribution is -2.39. The van der Waals surface area contributed by atoms with E-state index in [1.165, 1.54) is 16.9 Å². The number of nitrogens with zero attached hydrogens (tertiary/aromatic N) is 1. The lowest BCUT2D eigenvalue weighted by molar-refractivity contribution is -0.129. The summed E-state index contributed by atoms with van der Waals surface area (Å²) in [6.07, 6.45) is 3.36. The fraction of sp³-hybridized carbons (Fsp3) is 0.211. The number of hydrogen-bond acceptors (Lipinski definition) is 5. The van der Waals surface area contributed by atoms with Gasteiger partial charge in [0.25, 0.3) is 11.1 Å². The highest BCUT2D eigenvalue weighted by Crippen LogP contribution is 2.32. The van der Waals surface area contributed by atoms with Crippen molar-refractivity contribution < 1.29 is 14.4 Å². The van der Waals surface area contributed by atoms with E-state index in [9.17, 15) is 14.4 Å². The number of rotatable bonds is 7. The van der Waals surface area contributed by atoms with E-state index >= 15 is 0 Å². The molecule has 1 aliphatic heterocycles. The molecule has 0 spiro atoms. The van der Waals surface area contributed by atoms with E-state index in [1.54, 1.807) is 6.08 Å². The van der Waals surface area contributed by atoms with E-state index in [0.717, 1.165) is 34.4 Å². The number of hydrogen-bond donors (Lipinski definition) is 1. The Kier molecular flexibility index (Phi) is 6.25. The van der Waals surface area contributed by atoms with Crippen LogP contribution >= 0.6 is 23.1 Å². The normalized spacial score (nSPS) is 15.7. The zero-order chi connectivity index (χ0) is 18.4. The van der Waals surface area contributed by atoms with Gasteiger partial charge in [-0.3, -0.25) is 19.3 Å². The highest BCUT2D eigenvalue weighted by atomic mass is 32.2. The smallest absolute Gasteiger partial charge is 0.294 e. The van der Waals surface area contributed by atoms with Gasteiger partial charge in [0.1, 0.15) is 6.54 Å². The van der Waals surface area contributed by atoms with E-state index in [4.69, 9.17) is 0 Å². The first-order valence-electron chi connectivity index (χ1n) is 8.23. The molecular formula is C19H18N2O3S2. The van der Waals surface area contributed by atoms with Crippen LogP contribution in [0.5, 0.6) is 0 Å². The molecule has 1 fully saturated rings. The number of nitrogens with one attached hydrogen (secondary N) is 1. The van der Waals surface area contributed by atoms with Gasteiger partial charge in [-0.05, 0) is 47.7 Å². The molecule has 3 amide bonds. The maximum Gasteiger partial charge on any atom is 0.294 e. The van der Waals surface area contributed by atoms with Crippen LogP contribution in [0.15, 0.2) is 52.7 Å². The average Bonchev–Trinajstić information content (AvgIpc) is 3.24. The topological polar surface area (TPSA) is 66.5 Å². The molecule has 1 N–H and O–H groups in total. The second-order valence-electron chi connectivity index (χ2n) is 5.72. The molecule has 5 nitrogen and oxygen atoms in total. The summed E-state index contributed by atoms with van der Waals surface area (Å²) in [7, 11) is 0. The van der Waals surface area contributed by atoms with Crippen LogP contribution < -0.4 is 5.32 Å². The maximum atomic E-state index is 12.3. The Labute approximate surface area is 160 Å². The molecule has 1 saturated heterocycles. The van der Waals surface area contributed by atoms with Gasteiger partial charge >= 0.3 is 0 Å². The molecule has 2 heterocycles. The highest BCUT2D eigenvalue weighted by molar-refractivity contribution is 8.18. The van der Waals surface area contributed by atoms with Crippen LogP contribution in [0.4, 0.5) is 4.79 Å². The first kappa shape index (κ1) is 18.4. The van der Waals surface area contributed by atoms with Crippen molar-refractivity contribution in [3.63, 3.8) is 0 Å². The lowest BCUT2D eigenvalue weighted by atomic mass is 10.1. The molecule has 0 bridgehead atoms. The van der Waals surface area contributed by atoms with Crippen molar-refractivity contribution in [1.29, 1.82) is 0 Å². The number of imide groups is 1. The summed E-state index contributed by atoms with van der Waals surface area (Å²) in [6.45, 7) is 0.271. The number of benzene rings is 1. The monoisotopic (exact) mass is 386 g/mol. The molecular weight excluding hydrogens is 368 g/mol. The Morgan fingerprint density at radius 2 is 1.92 bits per heavy atom. The Hall–Kier alpha value is -2.38. The largest absolute Gasteiger partial charge is 0.355 e. The summed E-state index contributed by atoms with van der Waals surface area (Å²) >= 11 is 2.36. The fourth-order valence-corrected chi connectivity index (χ4v) is 4.06. The van der Waals surface area contributed by atoms with Gasteiger partial charge in [-0.15, -0.1) is 11.3 Å². The van der Waals surface area contributed by atoms with Crippen molar-refractivity contribution in [3.8, 4) is 0 Å². The molecule has 134 valence electrons. The van der Waals surface area contributed by atoms with Gasteiger partial charge in [0.2, 0.25) is 5.91 Å². The molecule has 2 aromatic rings. The van der Waals surface area contributed by atoms with Crippen molar-refractivity contribution >= 4 is 46.2 Å². The lowest BCUT2D eigenvalue weighted by Gasteiger charge is -2.12. The minimum atomic E-state index is -0.409. The van der Waals surface area contributed by atoms with E-state index in [1.807, 2.05) is 47.8 Å². The van der Waals surface area contributed by atoms with Crippen LogP contribution in [0.2, 0.25) is 0 Å². The van der Waals surface area contributed by atoms with Crippen LogP contribution in [-0.2, 0) is 16.0 Å². The number of aryl methyl sites for hydroxylation is 1. The second kappa shape index (κ2) is 8.82. The summed E-state index contributed by atoms with van der Waals surface area (Å²) in [5.41, 5.74) is 1.21. The molecule has 26 heavy (non-hydrogen) atoms. The van der Waals surface area contributed by atoms with E-state index in [2.05, 4.69) is 5.32 Å². The highest BCUT2D eigenvalue weighted by Gasteiger charge is 2.36. The van der Waals surface area contributed by atoms with Gasteiger partial charge in [0.05, 0.1) is 4.91 Å². The summed E-state index contributed by atoms with van der Waals surface area (Å²) in [4.78, 5) is 38.7. The third kappa shape index (κ3) is 4.83. The summed E-state index contributed by atoms with van der Waals surface area (Å²) < 4.78 is 0. The quantitative estimate of drug-likeness (QED) is 0.584. The molecule has 0 aliphatic carbocycles. The molecule has 1 aliphatic rings. The first-order chi connectivity index (χ1) is 12.6. The van der Waals surface area contributed by atoms with Crippen molar-refractivity contribution in [2.24, 2.45) is 0 Å². The zero-order valence-corrected chi connectivity index (χ0v) is 15.6. The minimum Gasteiger partial charge on any atom is -0.355 e. The molecule has 7 heteroatoms. The molecule has 1 aromatic carbocycles. The number of carbonyl (C=O) groups is 3. The maximum absolute atomic E-state index is 12.3. The van der Waals surface area contributed by atoms with Gasteiger partial charge in [-0.25, -0.2) is 0 Å². The number of amides is 3. The molecule has 0 radical (unpaired) electrons. The number of thiophene rings is 1. The SMILES string of the molecule is O=C(CN1C(=O)S/C(=C\c2cccs2)C1=O)NCCCc1ccccc1. The Morgan fingerprint density at radius 3 is 2.65 bits per heavy atom. The van der Waals surface area contributed by atoms with E-state index in [-0.39, 0.29) is 12.5 Å². The minimum absolute atomic E-state index is 0.238. The number of thioether (sulfide) groups is 1. The predicted molar refractivity (Wildman–Crippen MR) is 105 cm³/mol. The fourth-order valence-electron chi connectivity index (χ4n) is 2.50. The van der Waals surface area contributed by atoms with Crippen molar-refractivity contribution in [1.82, 2.24) is 10.2 Å². The van der Waals surface area contributed by atoms with Gasteiger partial charge in [0.15, 0.2) is 0 Å². The summed E-state index contributed by atoms with van der Waals surface area (Å²) in [6, 6.07) is 13.8. The first-order valence-corrected chi connectivity index (χ1v) is 9.92. The predicted octanol–water partition coefficient (Wildman–Crippen LogP) is 3.53. The number of carbonyl (C=O) groups excluding carboxylic acids is 3. The van der Waals surface area contributed by atoms with Crippen LogP contribution in [0, 0.1) is 0 Å². The third-order valence-corrected chi connectivity index (χ3v) is 5.53. The standard InChI is InChI=1S/C19H18N2O3S2/c22-17(20-10-4-8-14-6-2-1-3-7-14)13-21-18(23)16(26-19(21)24)12-15-9-5-11-25-15/h1-3,5-7,9,11-12H,4,8,10,13H2,(H,20,22)/b16-12-. The molecule has 1 aromatic heterocycles. The van der Waals surface area contributed by atoms with Crippen molar-refractivity contribution in [2.75, 3.05) is 13.1 Å². The van der Waals surface area contributed by atoms with Gasteiger partial charge in [0, 0.05) is 11.4 Å². The van der Waals surface area contributed by atoms with Crippen LogP contribution in [0.3, 0.4) is 0 Å². The van der Waals surface area contributed by atoms with Crippen LogP contribution in [-0.4, -0.2) is 35.0 Å². The van der Waals surface area contributed by atoms with E-state index < -0.39 is 11.1 Å². The van der Waals surface area contributed by atoms with E-state index in [0.29, 0.717) is 11.4 Å². The molecule has 0 atom stereocenters. The second-order valence-corrected chi connectivity index (χ2v) is 7.69. The summed E-state index contributed by atoms with van der Waals surface area (Å²) in [5.74, 6) is -0.731. The van der Waals surface area contributed by atoms with Crippen molar-refractivity contribution in [3.05, 3.63) is 63.2 Å². The third-order valence-electron chi connectivity index (χ3n) is 3.80. The van der Waals surface area contributed by atoms with Gasteiger partial charge in [-0.2, -0.15) is 0 Å². The molecule has 0 saturated carbocycles. The Balaban J connectivity index is 1.46. The van der Waals surface area contributed by atoms with Gasteiger partial charge < -0.3 is 5.32 Å². The zero-order valence-electron chi connectivity index (χ0n) is 14.0. The Morgan fingerprint density at radius 1 is 1.12 bits per heavy atom. The van der Waals surface area contributed by atoms with Crippen LogP contribution in [0.25, 0.3) is 6.08 Å². The van der Waals surface area contributed by atoms with Crippen LogP contribution in [0.1, 0.15) is 16.9 Å². The van der Waals surface area contributed by atoms with Crippen molar-refractivity contribution in [2.45, 2.75) is 12.8 Å². The Bertz CT molecular complexity index is 817. The molecule has 0 unspecified atom stereocenters. The summed E-state index contributed by atoms with van der Waals surface area (Å²) in [5, 5.41) is 4.27. The molecule has 3 rings (SSSR count). The van der Waals surface area contributed by atoms with Gasteiger partial charge in [-0.1, -0.05) is 36.4 Å².